The number of rotatable bonds is 6. The van der Waals surface area contributed by atoms with E-state index in [4.69, 9.17) is 21.4 Å². The van der Waals surface area contributed by atoms with Gasteiger partial charge in [0.25, 0.3) is 0 Å². The lowest BCUT2D eigenvalue weighted by Crippen LogP contribution is -2.41. The Kier molecular flexibility index (Phi) is 7.40. The van der Waals surface area contributed by atoms with Crippen molar-refractivity contribution in [3.63, 3.8) is 0 Å². The summed E-state index contributed by atoms with van der Waals surface area (Å²) in [6.07, 6.45) is 3.22. The van der Waals surface area contributed by atoms with E-state index in [9.17, 15) is 19.7 Å². The van der Waals surface area contributed by atoms with Crippen molar-refractivity contribution in [3.05, 3.63) is 88.1 Å². The van der Waals surface area contributed by atoms with E-state index in [-0.39, 0.29) is 24.5 Å². The molecule has 2 aliphatic heterocycles. The van der Waals surface area contributed by atoms with E-state index < -0.39 is 16.2 Å². The zero-order valence-corrected chi connectivity index (χ0v) is 22.5. The van der Waals surface area contributed by atoms with Crippen LogP contribution in [0.15, 0.2) is 56.3 Å². The highest BCUT2D eigenvalue weighted by atomic mass is 79.9. The van der Waals surface area contributed by atoms with Crippen molar-refractivity contribution in [1.29, 1.82) is 0 Å². The first-order valence-corrected chi connectivity index (χ1v) is 13.6. The predicted octanol–water partition coefficient (Wildman–Crippen LogP) is 4.90. The van der Waals surface area contributed by atoms with Gasteiger partial charge in [0.1, 0.15) is 12.3 Å². The lowest BCUT2D eigenvalue weighted by molar-refractivity contribution is -0.386. The number of nitrogens with zero attached hydrogens (tertiary/aromatic N) is 5. The normalized spacial score (nSPS) is 17.9. The summed E-state index contributed by atoms with van der Waals surface area (Å²) in [5, 5.41) is 19.0. The topological polar surface area (TPSA) is 120 Å². The van der Waals surface area contributed by atoms with Crippen LogP contribution >= 0.6 is 38.9 Å². The maximum absolute atomic E-state index is 12.8. The van der Waals surface area contributed by atoms with Gasteiger partial charge >= 0.3 is 11.2 Å². The smallest absolute Gasteiger partial charge is 0.335 e. The van der Waals surface area contributed by atoms with Crippen LogP contribution in [0, 0.1) is 10.1 Å². The van der Waals surface area contributed by atoms with Gasteiger partial charge in [0, 0.05) is 58.1 Å². The van der Waals surface area contributed by atoms with E-state index in [0.29, 0.717) is 29.0 Å². The number of benzene rings is 1. The number of aromatic nitrogens is 2. The van der Waals surface area contributed by atoms with Gasteiger partial charge in [0.2, 0.25) is 5.91 Å². The van der Waals surface area contributed by atoms with E-state index in [0.717, 1.165) is 45.5 Å². The Bertz CT molecular complexity index is 1450. The molecule has 0 saturated carbocycles. The number of hydrogen-bond acceptors (Lipinski definition) is 8. The molecule has 0 bridgehead atoms. The molecule has 37 heavy (non-hydrogen) atoms. The summed E-state index contributed by atoms with van der Waals surface area (Å²) in [7, 11) is 0. The fourth-order valence-corrected chi connectivity index (χ4v) is 6.22. The fourth-order valence-electron chi connectivity index (χ4n) is 4.49. The highest BCUT2D eigenvalue weighted by Gasteiger charge is 2.30. The van der Waals surface area contributed by atoms with E-state index in [2.05, 4.69) is 21.1 Å². The maximum atomic E-state index is 12.8. The summed E-state index contributed by atoms with van der Waals surface area (Å²) < 4.78 is 1.43. The molecule has 5 rings (SSSR count). The first kappa shape index (κ1) is 25.6. The molecule has 192 valence electrons. The molecule has 1 unspecified atom stereocenters. The third-order valence-electron chi connectivity index (χ3n) is 6.47. The Hall–Kier alpha value is -3.09. The third kappa shape index (κ3) is 5.46. The first-order valence-electron chi connectivity index (χ1n) is 11.5. The Morgan fingerprint density at radius 2 is 2.05 bits per heavy atom. The number of amides is 1. The average molecular weight is 607 g/mol. The zero-order valence-electron chi connectivity index (χ0n) is 19.4. The molecule has 4 heterocycles. The highest BCUT2D eigenvalue weighted by Crippen LogP contribution is 2.35. The molecule has 0 spiro atoms. The molecule has 0 radical (unpaired) electrons. The minimum Gasteiger partial charge on any atom is -0.387 e. The molecule has 2 aliphatic rings. The highest BCUT2D eigenvalue weighted by molar-refractivity contribution is 9.10. The molecule has 1 fully saturated rings. The van der Waals surface area contributed by atoms with Gasteiger partial charge in [-0.05, 0) is 34.8 Å². The van der Waals surface area contributed by atoms with Crippen LogP contribution in [0.2, 0.25) is 5.02 Å². The molecule has 1 amide bonds. The summed E-state index contributed by atoms with van der Waals surface area (Å²) in [4.78, 5) is 47.7. The number of pyridine rings is 1. The van der Waals surface area contributed by atoms with Crippen molar-refractivity contribution in [2.45, 2.75) is 37.8 Å². The number of carbonyl (C=O) groups is 1. The number of halogens is 2. The molecule has 3 aromatic rings. The Morgan fingerprint density at radius 3 is 2.78 bits per heavy atom. The largest absolute Gasteiger partial charge is 0.387 e. The number of piperidine rings is 1. The van der Waals surface area contributed by atoms with Crippen LogP contribution in [0.1, 0.15) is 47.5 Å². The molecule has 1 aromatic carbocycles. The van der Waals surface area contributed by atoms with E-state index in [1.54, 1.807) is 16.2 Å². The number of nitro groups is 1. The minimum absolute atomic E-state index is 0.208. The minimum atomic E-state index is -0.803. The summed E-state index contributed by atoms with van der Waals surface area (Å²) in [6.45, 7) is 0.779. The van der Waals surface area contributed by atoms with Crippen LogP contribution < -0.4 is 5.56 Å². The lowest BCUT2D eigenvalue weighted by atomic mass is 9.97. The van der Waals surface area contributed by atoms with Gasteiger partial charge in [0.15, 0.2) is 6.10 Å². The number of likely N-dealkylation sites (tertiary alicyclic amines) is 1. The van der Waals surface area contributed by atoms with E-state index in [1.807, 2.05) is 29.6 Å². The summed E-state index contributed by atoms with van der Waals surface area (Å²) in [5.74, 6) is -0.0457. The Labute approximate surface area is 228 Å². The number of oxime groups is 1. The van der Waals surface area contributed by atoms with Crippen molar-refractivity contribution < 1.29 is 14.6 Å². The van der Waals surface area contributed by atoms with Crippen molar-refractivity contribution >= 4 is 56.2 Å². The fraction of sp³-hybridized carbons (Fsp3) is 0.333. The molecule has 0 N–H and O–H groups in total. The SMILES string of the molecule is O=C(Cn1cc(Br)cc([N+](=O)[O-])c1=O)N1CCC(c2nc(C3=NOC(c4ccccc4Cl)C3)cs2)CC1. The van der Waals surface area contributed by atoms with Crippen LogP contribution in [0.5, 0.6) is 0 Å². The van der Waals surface area contributed by atoms with Gasteiger partial charge in [-0.15, -0.1) is 11.3 Å². The predicted molar refractivity (Wildman–Crippen MR) is 142 cm³/mol. The quantitative estimate of drug-likeness (QED) is 0.291. The Balaban J connectivity index is 1.18. The van der Waals surface area contributed by atoms with Crippen LogP contribution in [0.3, 0.4) is 0 Å². The van der Waals surface area contributed by atoms with Gasteiger partial charge < -0.3 is 9.74 Å². The van der Waals surface area contributed by atoms with Crippen LogP contribution in [0.25, 0.3) is 0 Å². The summed E-state index contributed by atoms with van der Waals surface area (Å²) in [5.41, 5.74) is 1.10. The molecular weight excluding hydrogens is 586 g/mol. The second kappa shape index (κ2) is 10.7. The monoisotopic (exact) mass is 605 g/mol. The Morgan fingerprint density at radius 1 is 1.30 bits per heavy atom. The molecule has 0 aliphatic carbocycles. The molecule has 1 atom stereocenters. The van der Waals surface area contributed by atoms with Crippen LogP contribution in [-0.4, -0.2) is 44.1 Å². The number of thiazole rings is 1. The van der Waals surface area contributed by atoms with Crippen LogP contribution in [0.4, 0.5) is 5.69 Å². The second-order valence-corrected chi connectivity index (χ2v) is 11.0. The van der Waals surface area contributed by atoms with Crippen molar-refractivity contribution in [1.82, 2.24) is 14.5 Å². The van der Waals surface area contributed by atoms with Gasteiger partial charge in [-0.1, -0.05) is 35.0 Å². The lowest BCUT2D eigenvalue weighted by Gasteiger charge is -2.31. The van der Waals surface area contributed by atoms with Gasteiger partial charge in [-0.3, -0.25) is 24.3 Å². The average Bonchev–Trinajstić information content (AvgIpc) is 3.56. The number of hydrogen-bond donors (Lipinski definition) is 0. The van der Waals surface area contributed by atoms with Crippen molar-refractivity contribution in [2.75, 3.05) is 13.1 Å². The second-order valence-electron chi connectivity index (χ2n) is 8.82. The van der Waals surface area contributed by atoms with Gasteiger partial charge in [-0.2, -0.15) is 0 Å². The molecular formula is C24H21BrClN5O5S. The van der Waals surface area contributed by atoms with Crippen molar-refractivity contribution in [2.24, 2.45) is 5.16 Å². The maximum Gasteiger partial charge on any atom is 0.335 e. The zero-order chi connectivity index (χ0) is 26.1. The number of carbonyl (C=O) groups excluding carboxylic acids is 1. The van der Waals surface area contributed by atoms with E-state index >= 15 is 0 Å². The molecule has 13 heteroatoms. The standard InChI is InChI=1S/C24H21BrClN5O5S/c25-15-9-20(31(34)35)24(33)30(11-15)12-22(32)29-7-5-14(6-8-29)23-27-19(13-37-23)18-10-21(36-28-18)16-3-1-2-4-17(16)26/h1-4,9,11,13-14,21H,5-8,10,12H2. The summed E-state index contributed by atoms with van der Waals surface area (Å²) >= 11 is 11.0. The van der Waals surface area contributed by atoms with Gasteiger partial charge in [-0.25, -0.2) is 4.98 Å². The third-order valence-corrected chi connectivity index (χ3v) is 8.26. The van der Waals surface area contributed by atoms with Crippen molar-refractivity contribution in [3.8, 4) is 0 Å². The van der Waals surface area contributed by atoms with Crippen LogP contribution in [-0.2, 0) is 16.2 Å². The van der Waals surface area contributed by atoms with Gasteiger partial charge in [0.05, 0.1) is 15.6 Å². The molecule has 2 aromatic heterocycles. The molecule has 10 nitrogen and oxygen atoms in total. The van der Waals surface area contributed by atoms with E-state index in [1.165, 1.54) is 6.20 Å². The summed E-state index contributed by atoms with van der Waals surface area (Å²) in [6, 6.07) is 8.69. The first-order chi connectivity index (χ1) is 17.8. The molecule has 1 saturated heterocycles.